The third kappa shape index (κ3) is 10.0. The number of aliphatic hydroxyl groups is 11. The second kappa shape index (κ2) is 19.9. The third-order valence-corrected chi connectivity index (χ3v) is 10.8. The van der Waals surface area contributed by atoms with E-state index in [0.717, 1.165) is 18.2 Å². The first kappa shape index (κ1) is 47.5. The van der Waals surface area contributed by atoms with Crippen molar-refractivity contribution in [2.45, 2.75) is 92.1 Å². The average molecular weight is 919 g/mol. The van der Waals surface area contributed by atoms with E-state index < -0.39 is 146 Å². The van der Waals surface area contributed by atoms with Gasteiger partial charge in [0.25, 0.3) is 0 Å². The highest BCUT2D eigenvalue weighted by Gasteiger charge is 2.48. The minimum Gasteiger partial charge on any atom is -0.508 e. The van der Waals surface area contributed by atoms with Crippen molar-refractivity contribution in [3.8, 4) is 40.1 Å². The topological polar surface area (TPSA) is 375 Å². The number of benzene rings is 3. The molecule has 0 saturated carbocycles. The van der Waals surface area contributed by atoms with Crippen molar-refractivity contribution in [3.05, 3.63) is 82.5 Å². The molecule has 4 heterocycles. The Balaban J connectivity index is 1.04. The van der Waals surface area contributed by atoms with E-state index in [9.17, 15) is 76.0 Å². The number of hydrogen-bond acceptors (Lipinski definition) is 23. The van der Waals surface area contributed by atoms with Crippen molar-refractivity contribution in [1.82, 2.24) is 0 Å². The highest BCUT2D eigenvalue weighted by Crippen LogP contribution is 2.38. The summed E-state index contributed by atoms with van der Waals surface area (Å²) in [6.07, 6.45) is -22.3. The zero-order valence-corrected chi connectivity index (χ0v) is 33.6. The van der Waals surface area contributed by atoms with E-state index in [4.69, 9.17) is 37.6 Å². The molecule has 15 atom stereocenters. The van der Waals surface area contributed by atoms with Crippen LogP contribution in [-0.2, 0) is 23.7 Å². The lowest BCUT2D eigenvalue weighted by atomic mass is 9.99. The molecule has 352 valence electrons. The van der Waals surface area contributed by atoms with Crippen molar-refractivity contribution in [3.63, 3.8) is 0 Å². The maximum atomic E-state index is 14.0. The van der Waals surface area contributed by atoms with Gasteiger partial charge in [-0.1, -0.05) is 12.1 Å². The Morgan fingerprint density at radius 1 is 0.600 bits per heavy atom. The van der Waals surface area contributed by atoms with Gasteiger partial charge in [0, 0.05) is 23.8 Å². The Morgan fingerprint density at radius 3 is 1.60 bits per heavy atom. The standard InChI is InChI=1S/C42H46O23/c43-13-23-28(48)32(52)35(55)40(62-23)59-19-6-1-16(2-7-19)3-10-26(47)58-15-25-30(50)34(54)37(57)42(64-25)65-39-31(51)27-21(46)11-18(45)12-22(27)61-38(39)17-4-8-20(9-5-17)60-41-36(56)33(53)29(49)24(14-44)63-41/h1-12,23-25,28-30,32-37,40-46,48-50,52-57H,13-15H2/t23?,24?,25?,28-,29-,30-,32?,33?,34?,35?,36?,37?,40-,41-,42+/m1/s1. The molecule has 65 heavy (non-hydrogen) atoms. The minimum atomic E-state index is -2.03. The molecule has 13 N–H and O–H groups in total. The molecule has 1 aromatic heterocycles. The van der Waals surface area contributed by atoms with Crippen LogP contribution in [0.4, 0.5) is 0 Å². The molecule has 3 aliphatic heterocycles. The van der Waals surface area contributed by atoms with Crippen molar-refractivity contribution in [1.29, 1.82) is 0 Å². The molecule has 0 radical (unpaired) electrons. The molecule has 23 nitrogen and oxygen atoms in total. The van der Waals surface area contributed by atoms with Gasteiger partial charge in [-0.2, -0.15) is 0 Å². The summed E-state index contributed by atoms with van der Waals surface area (Å²) in [4.78, 5) is 26.7. The first-order chi connectivity index (χ1) is 31.0. The molecule has 7 rings (SSSR count). The summed E-state index contributed by atoms with van der Waals surface area (Å²) in [6, 6.07) is 13.1. The molecule has 0 aliphatic carbocycles. The summed E-state index contributed by atoms with van der Waals surface area (Å²) in [5.41, 5.74) is -0.834. The lowest BCUT2D eigenvalue weighted by molar-refractivity contribution is -0.278. The van der Waals surface area contributed by atoms with Crippen molar-refractivity contribution in [2.75, 3.05) is 19.8 Å². The van der Waals surface area contributed by atoms with Crippen LogP contribution in [0.1, 0.15) is 5.56 Å². The number of phenolic OH excluding ortho intramolecular Hbond substituents is 2. The fraction of sp³-hybridized carbons (Fsp3) is 0.429. The maximum Gasteiger partial charge on any atom is 0.330 e. The number of esters is 1. The molecule has 3 aliphatic rings. The van der Waals surface area contributed by atoms with Gasteiger partial charge in [-0.15, -0.1) is 0 Å². The van der Waals surface area contributed by atoms with Crippen molar-refractivity contribution >= 4 is 23.0 Å². The summed E-state index contributed by atoms with van der Waals surface area (Å²) in [5.74, 6) is -3.03. The molecule has 0 bridgehead atoms. The van der Waals surface area contributed by atoms with E-state index in [1.165, 1.54) is 54.6 Å². The number of hydrogen-bond donors (Lipinski definition) is 13. The van der Waals surface area contributed by atoms with Crippen LogP contribution >= 0.6 is 0 Å². The summed E-state index contributed by atoms with van der Waals surface area (Å²) < 4.78 is 44.6. The first-order valence-electron chi connectivity index (χ1n) is 19.9. The van der Waals surface area contributed by atoms with E-state index in [-0.39, 0.29) is 28.4 Å². The molecule has 3 saturated heterocycles. The Bertz CT molecular complexity index is 2350. The highest BCUT2D eigenvalue weighted by atomic mass is 16.7. The number of aromatic hydroxyl groups is 2. The molecule has 3 aromatic carbocycles. The van der Waals surface area contributed by atoms with E-state index in [1.807, 2.05) is 0 Å². The Morgan fingerprint density at radius 2 is 1.08 bits per heavy atom. The van der Waals surface area contributed by atoms with Crippen LogP contribution < -0.4 is 19.6 Å². The quantitative estimate of drug-likeness (QED) is 0.0461. The fourth-order valence-electron chi connectivity index (χ4n) is 7.15. The largest absolute Gasteiger partial charge is 0.508 e. The van der Waals surface area contributed by atoms with Gasteiger partial charge in [-0.3, -0.25) is 4.79 Å². The van der Waals surface area contributed by atoms with Crippen LogP contribution in [0.25, 0.3) is 28.4 Å². The van der Waals surface area contributed by atoms with E-state index in [2.05, 4.69) is 0 Å². The van der Waals surface area contributed by atoms with Crippen LogP contribution in [0, 0.1) is 0 Å². The maximum absolute atomic E-state index is 14.0. The number of ether oxygens (including phenoxy) is 7. The lowest BCUT2D eigenvalue weighted by Gasteiger charge is -2.39. The predicted molar refractivity (Wildman–Crippen MR) is 214 cm³/mol. The Labute approximate surface area is 365 Å². The fourth-order valence-corrected chi connectivity index (χ4v) is 7.15. The van der Waals surface area contributed by atoms with Gasteiger partial charge in [0.15, 0.2) is 5.76 Å². The zero-order valence-electron chi connectivity index (χ0n) is 33.6. The van der Waals surface area contributed by atoms with E-state index in [1.54, 1.807) is 0 Å². The summed E-state index contributed by atoms with van der Waals surface area (Å²) in [7, 11) is 0. The highest BCUT2D eigenvalue weighted by molar-refractivity contribution is 5.88. The molecular weight excluding hydrogens is 872 g/mol. The van der Waals surface area contributed by atoms with Crippen LogP contribution in [0.2, 0.25) is 0 Å². The molecule has 9 unspecified atom stereocenters. The van der Waals surface area contributed by atoms with Crippen LogP contribution in [0.5, 0.6) is 28.7 Å². The average Bonchev–Trinajstić information content (AvgIpc) is 3.29. The molecular formula is C42H46O23. The summed E-state index contributed by atoms with van der Waals surface area (Å²) >= 11 is 0. The second-order valence-corrected chi connectivity index (χ2v) is 15.2. The Kier molecular flexibility index (Phi) is 14.6. The SMILES string of the molecule is O=C(C=Cc1ccc(O[C@@H]2OC(CO)[C@@H](O)C(O)C2O)cc1)OCC1O[C@@H](Oc2c(-c3ccc(O[C@@H]4OC(CO)[C@@H](O)C(O)C4O)cc3)oc3cc(O)cc(O)c3c2=O)C(O)C(O)[C@@H]1O. The first-order valence-corrected chi connectivity index (χ1v) is 19.9. The Hall–Kier alpha value is -5.48. The van der Waals surface area contributed by atoms with Gasteiger partial charge in [-0.25, -0.2) is 4.79 Å². The smallest absolute Gasteiger partial charge is 0.330 e. The normalized spacial score (nSPS) is 32.9. The third-order valence-electron chi connectivity index (χ3n) is 10.8. The van der Waals surface area contributed by atoms with Gasteiger partial charge < -0.3 is 104 Å². The van der Waals surface area contributed by atoms with Crippen LogP contribution in [0.15, 0.2) is 76.0 Å². The van der Waals surface area contributed by atoms with Gasteiger partial charge in [0.1, 0.15) is 114 Å². The van der Waals surface area contributed by atoms with Crippen molar-refractivity contribution < 1.29 is 109 Å². The second-order valence-electron chi connectivity index (χ2n) is 15.2. The van der Waals surface area contributed by atoms with E-state index >= 15 is 0 Å². The zero-order chi connectivity index (χ0) is 46.9. The molecule has 4 aromatic rings. The lowest BCUT2D eigenvalue weighted by Crippen LogP contribution is -2.60. The number of rotatable bonds is 13. The summed E-state index contributed by atoms with van der Waals surface area (Å²) in [5, 5.41) is 132. The molecule has 3 fully saturated rings. The van der Waals surface area contributed by atoms with Gasteiger partial charge >= 0.3 is 5.97 Å². The minimum absolute atomic E-state index is 0.0204. The molecule has 0 amide bonds. The van der Waals surface area contributed by atoms with Crippen molar-refractivity contribution in [2.24, 2.45) is 0 Å². The number of carbonyl (C=O) groups excluding carboxylic acids is 1. The van der Waals surface area contributed by atoms with E-state index in [0.29, 0.717) is 5.56 Å². The number of aliphatic hydroxyl groups excluding tert-OH is 11. The molecule has 0 spiro atoms. The predicted octanol–water partition coefficient (Wildman–Crippen LogP) is -3.33. The van der Waals surface area contributed by atoms with Gasteiger partial charge in [-0.05, 0) is 48.0 Å². The number of phenols is 2. The number of carbonyl (C=O) groups is 1. The monoisotopic (exact) mass is 918 g/mol. The van der Waals surface area contributed by atoms with Crippen LogP contribution in [-0.4, -0.2) is 184 Å². The number of fused-ring (bicyclic) bond motifs is 1. The van der Waals surface area contributed by atoms with Gasteiger partial charge in [0.2, 0.25) is 30.0 Å². The van der Waals surface area contributed by atoms with Gasteiger partial charge in [0.05, 0.1) is 13.2 Å². The van der Waals surface area contributed by atoms with Crippen LogP contribution in [0.3, 0.4) is 0 Å². The summed E-state index contributed by atoms with van der Waals surface area (Å²) in [6.45, 7) is -2.06. The molecule has 23 heteroatoms.